The number of hydrogen-bond acceptors (Lipinski definition) is 17. The molecule has 0 aliphatic carbocycles. The maximum absolute atomic E-state index is 12.7. The van der Waals surface area contributed by atoms with E-state index < -0.39 is 41.5 Å². The van der Waals surface area contributed by atoms with Gasteiger partial charge in [-0.05, 0) is 203 Å². The van der Waals surface area contributed by atoms with Crippen LogP contribution in [0, 0.1) is 29.1 Å². The van der Waals surface area contributed by atoms with Crippen molar-refractivity contribution in [2.24, 2.45) is 26.7 Å². The van der Waals surface area contributed by atoms with Gasteiger partial charge in [-0.25, -0.2) is 36.3 Å². The van der Waals surface area contributed by atoms with Gasteiger partial charge in [-0.1, -0.05) is 0 Å². The van der Waals surface area contributed by atoms with Gasteiger partial charge in [0, 0.05) is 23.6 Å². The molecular formula is C62H69F5N5O13P. The first-order valence-corrected chi connectivity index (χ1v) is 27.7. The molecule has 0 aromatic heterocycles. The Bertz CT molecular complexity index is 3190. The molecule has 0 atom stereocenters. The summed E-state index contributed by atoms with van der Waals surface area (Å²) in [5.41, 5.74) is 7.57. The lowest BCUT2D eigenvalue weighted by molar-refractivity contribution is -0.153. The van der Waals surface area contributed by atoms with Gasteiger partial charge in [0.15, 0.2) is 11.6 Å². The van der Waals surface area contributed by atoms with E-state index >= 15 is 0 Å². The number of rotatable bonds is 15. The van der Waals surface area contributed by atoms with Gasteiger partial charge in [-0.15, -0.1) is 8.58 Å². The topological polar surface area (TPSA) is 305 Å². The number of benzene rings is 5. The van der Waals surface area contributed by atoms with Crippen molar-refractivity contribution in [2.75, 3.05) is 59.4 Å². The van der Waals surface area contributed by atoms with E-state index in [0.29, 0.717) is 48.7 Å². The first kappa shape index (κ1) is 77.0. The molecule has 0 spiro atoms. The van der Waals surface area contributed by atoms with Gasteiger partial charge in [0.05, 0.1) is 75.2 Å². The lowest BCUT2D eigenvalue weighted by Gasteiger charge is -2.01. The molecule has 460 valence electrons. The summed E-state index contributed by atoms with van der Waals surface area (Å²) < 4.78 is 76.5. The van der Waals surface area contributed by atoms with Gasteiger partial charge in [0.2, 0.25) is 11.6 Å². The number of nitrogens with zero attached hydrogens (tertiary/aromatic N) is 3. The van der Waals surface area contributed by atoms with Crippen molar-refractivity contribution >= 4 is 73.0 Å². The molecule has 7 N–H and O–H groups in total. The van der Waals surface area contributed by atoms with Gasteiger partial charge >= 0.3 is 17.9 Å². The van der Waals surface area contributed by atoms with Crippen LogP contribution in [0.4, 0.5) is 22.0 Å². The van der Waals surface area contributed by atoms with Crippen molar-refractivity contribution in [3.8, 4) is 0 Å². The Labute approximate surface area is 496 Å². The van der Waals surface area contributed by atoms with Crippen LogP contribution in [-0.2, 0) is 43.0 Å². The summed E-state index contributed by atoms with van der Waals surface area (Å²) in [7, 11) is 1.08. The average Bonchev–Trinajstić information content (AvgIpc) is 4.39. The molecular weight excluding hydrogens is 1150 g/mol. The Morgan fingerprint density at radius 2 is 0.895 bits per heavy atom. The number of esters is 3. The number of nitrogens with two attached hydrogens (primary N) is 2. The lowest BCUT2D eigenvalue weighted by Crippen LogP contribution is -2.20. The highest BCUT2D eigenvalue weighted by atomic mass is 31.1. The highest BCUT2D eigenvalue weighted by molar-refractivity contribution is 7.35. The monoisotopic (exact) mass is 1220 g/mol. The highest BCUT2D eigenvalue weighted by Crippen LogP contribution is 2.16. The molecule has 0 fully saturated rings. The van der Waals surface area contributed by atoms with Crippen molar-refractivity contribution in [1.82, 2.24) is 0 Å². The number of hydrazine groups is 1. The standard InChI is InChI=1S/C13H12FNO2.C12H11FO4.C11H10FNO.C11H8FNO.C8H7FO.C5H8O3.C2H7P.H4N2.H2O/c1-2-17-13(16)10-7-12(15-8-10)9-3-5-11(14)6-4-9;1-2-17-12(16)11(15)7-10(14)8-3-5-9(13)6-4-8;2*12-10-3-1-9(2-4-10)11-5-8(7-14)6-13-11;1-6(10)7-2-4-8(9)5-3-7;1-3-8-5(7)4(2)6;1-3-2;1-2;/h3-7H,2,8H2,1H3;3-6H,2,7H2,1H3;1-5,14H,6-7H2;1-5,7H,6H2;2-5H,1H3;3H2,1-2H3;3H,1-2H3;1-2H2;1H2. The maximum Gasteiger partial charge on any atom is 0.375 e. The number of aliphatic imine (C=N–C) groups is 3. The number of aliphatic hydroxyl groups is 1. The van der Waals surface area contributed by atoms with Crippen LogP contribution in [0.25, 0.3) is 0 Å². The molecule has 5 aromatic carbocycles. The van der Waals surface area contributed by atoms with Crippen molar-refractivity contribution in [3.63, 3.8) is 0 Å². The fourth-order valence-electron chi connectivity index (χ4n) is 6.33. The second-order valence-corrected chi connectivity index (χ2v) is 17.9. The van der Waals surface area contributed by atoms with Gasteiger partial charge < -0.3 is 24.8 Å². The van der Waals surface area contributed by atoms with Crippen molar-refractivity contribution in [2.45, 2.75) is 41.0 Å². The van der Waals surface area contributed by atoms with Crippen LogP contribution in [0.5, 0.6) is 0 Å². The molecule has 0 unspecified atom stereocenters. The minimum Gasteiger partial charge on any atom is -0.463 e. The van der Waals surface area contributed by atoms with E-state index in [2.05, 4.69) is 49.5 Å². The number of aldehydes is 1. The Balaban J connectivity index is 0.00000100. The van der Waals surface area contributed by atoms with E-state index in [-0.39, 0.29) is 65.9 Å². The third-order valence-corrected chi connectivity index (χ3v) is 10.4. The highest BCUT2D eigenvalue weighted by Gasteiger charge is 2.20. The first-order valence-electron chi connectivity index (χ1n) is 25.7. The van der Waals surface area contributed by atoms with Crippen LogP contribution in [0.2, 0.25) is 0 Å². The average molecular weight is 1220 g/mol. The van der Waals surface area contributed by atoms with Crippen LogP contribution in [0.3, 0.4) is 0 Å². The molecule has 3 aliphatic rings. The third-order valence-electron chi connectivity index (χ3n) is 10.4. The van der Waals surface area contributed by atoms with Crippen LogP contribution in [0.15, 0.2) is 171 Å². The maximum atomic E-state index is 12.7. The summed E-state index contributed by atoms with van der Waals surface area (Å²) in [6, 6.07) is 28.5. The number of ketones is 4. The van der Waals surface area contributed by atoms with Crippen molar-refractivity contribution in [1.29, 1.82) is 0 Å². The summed E-state index contributed by atoms with van der Waals surface area (Å²) in [4.78, 5) is 99.1. The number of carbonyl (C=O) groups excluding carboxylic acids is 8. The molecule has 0 saturated heterocycles. The van der Waals surface area contributed by atoms with Crippen LogP contribution >= 0.6 is 8.58 Å². The molecule has 24 heteroatoms. The molecule has 86 heavy (non-hydrogen) atoms. The Morgan fingerprint density at radius 1 is 0.535 bits per heavy atom. The summed E-state index contributed by atoms with van der Waals surface area (Å²) >= 11 is 0. The van der Waals surface area contributed by atoms with Crippen LogP contribution in [-0.4, -0.2) is 134 Å². The fraction of sp³-hybridized carbons (Fsp3) is 0.242. The van der Waals surface area contributed by atoms with E-state index in [9.17, 15) is 60.3 Å². The quantitative estimate of drug-likeness (QED) is 0.00854. The molecule has 8 rings (SSSR count). The smallest absolute Gasteiger partial charge is 0.375 e. The number of halogens is 5. The predicted molar refractivity (Wildman–Crippen MR) is 320 cm³/mol. The molecule has 3 heterocycles. The number of aliphatic hydroxyl groups excluding tert-OH is 1. The minimum absolute atomic E-state index is 0. The number of Topliss-reactive ketones (excluding diaryl/α,β-unsaturated/α-hetero) is 4. The van der Waals surface area contributed by atoms with Crippen molar-refractivity contribution in [3.05, 3.63) is 213 Å². The third kappa shape index (κ3) is 30.0. The van der Waals surface area contributed by atoms with Gasteiger partial charge in [0.25, 0.3) is 0 Å². The summed E-state index contributed by atoms with van der Waals surface area (Å²) in [6.45, 7) is 13.9. The minimum atomic E-state index is -1.03. The van der Waals surface area contributed by atoms with E-state index in [4.69, 9.17) is 9.84 Å². The molecule has 18 nitrogen and oxygen atoms in total. The van der Waals surface area contributed by atoms with E-state index in [0.717, 1.165) is 60.7 Å². The summed E-state index contributed by atoms with van der Waals surface area (Å²) in [5, 5.41) is 8.87. The Morgan fingerprint density at radius 3 is 1.24 bits per heavy atom. The second kappa shape index (κ2) is 43.6. The zero-order chi connectivity index (χ0) is 63.9. The zero-order valence-electron chi connectivity index (χ0n) is 48.3. The molecule has 0 bridgehead atoms. The zero-order valence-corrected chi connectivity index (χ0v) is 49.3. The van der Waals surface area contributed by atoms with Crippen LogP contribution in [0.1, 0.15) is 78.4 Å². The summed E-state index contributed by atoms with van der Waals surface area (Å²) in [6.07, 6.45) is 5.48. The number of carbonyl (C=O) groups is 8. The molecule has 5 aromatic rings. The molecule has 0 radical (unpaired) electrons. The van der Waals surface area contributed by atoms with Gasteiger partial charge in [-0.3, -0.25) is 50.6 Å². The number of hydrogen-bond donors (Lipinski definition) is 3. The van der Waals surface area contributed by atoms with Gasteiger partial charge in [0.1, 0.15) is 35.4 Å². The molecule has 0 amide bonds. The lowest BCUT2D eigenvalue weighted by atomic mass is 10.1. The number of ether oxygens (including phenoxy) is 3. The van der Waals surface area contributed by atoms with E-state index in [1.807, 2.05) is 6.08 Å². The predicted octanol–water partition coefficient (Wildman–Crippen LogP) is 8.03. The van der Waals surface area contributed by atoms with E-state index in [1.54, 1.807) is 69.3 Å². The normalized spacial score (nSPS) is 11.8. The molecule has 0 saturated carbocycles. The van der Waals surface area contributed by atoms with Crippen LogP contribution < -0.4 is 11.7 Å². The SMILES string of the molecule is CC(=O)c1ccc(F)cc1.CCOC(=O)C(=O)CC(=O)c1ccc(F)cc1.CCOC(=O)C(C)=O.CCOC(=O)C1=CC(c2ccc(F)cc2)=NC1.CPC.NN.O.O=CC1=CC(c2ccc(F)cc2)=NC1.OCC1=CC(c2ccc(F)cc2)=NC1. The first-order chi connectivity index (χ1) is 40.6. The van der Waals surface area contributed by atoms with Gasteiger partial charge in [-0.2, -0.15) is 0 Å². The second-order valence-electron chi connectivity index (χ2n) is 16.9. The largest absolute Gasteiger partial charge is 0.463 e. The Kier molecular flexibility index (Phi) is 39.1. The molecule has 3 aliphatic heterocycles. The Hall–Kier alpha value is -8.99. The number of allylic oxidation sites excluding steroid dienone is 3. The fourth-order valence-corrected chi connectivity index (χ4v) is 6.33. The van der Waals surface area contributed by atoms with E-state index in [1.165, 1.54) is 86.6 Å². The van der Waals surface area contributed by atoms with Crippen molar-refractivity contribution < 1.29 is 85.1 Å². The summed E-state index contributed by atoms with van der Waals surface area (Å²) in [5.74, 6) is 2.25.